The summed E-state index contributed by atoms with van der Waals surface area (Å²) in [4.78, 5) is 11.5. The van der Waals surface area contributed by atoms with E-state index in [1.165, 1.54) is 0 Å². The van der Waals surface area contributed by atoms with Gasteiger partial charge in [0.05, 0.1) is 6.04 Å². The largest absolute Gasteiger partial charge is 0.324 e. The third kappa shape index (κ3) is 1.74. The first-order valence-electron chi connectivity index (χ1n) is 4.49. The van der Waals surface area contributed by atoms with Crippen LogP contribution >= 0.6 is 11.6 Å². The van der Waals surface area contributed by atoms with Gasteiger partial charge >= 0.3 is 0 Å². The smallest absolute Gasteiger partial charge is 0.241 e. The third-order valence-electron chi connectivity index (χ3n) is 2.32. The zero-order valence-corrected chi connectivity index (χ0v) is 8.56. The number of fused-ring (bicyclic) bond motifs is 1. The summed E-state index contributed by atoms with van der Waals surface area (Å²) in [5, 5.41) is 6.58. The highest BCUT2D eigenvalue weighted by Crippen LogP contribution is 2.22. The summed E-state index contributed by atoms with van der Waals surface area (Å²) in [6.07, 6.45) is 0. The van der Waals surface area contributed by atoms with Crippen LogP contribution in [-0.2, 0) is 11.3 Å². The lowest BCUT2D eigenvalue weighted by atomic mass is 10.2. The van der Waals surface area contributed by atoms with Crippen molar-refractivity contribution in [1.29, 1.82) is 0 Å². The summed E-state index contributed by atoms with van der Waals surface area (Å²) in [5.41, 5.74) is 1.87. The molecule has 74 valence electrons. The molecule has 2 N–H and O–H groups in total. The average Bonchev–Trinajstić information content (AvgIpc) is 2.27. The van der Waals surface area contributed by atoms with Gasteiger partial charge in [0.2, 0.25) is 5.91 Å². The molecule has 3 nitrogen and oxygen atoms in total. The summed E-state index contributed by atoms with van der Waals surface area (Å²) in [5.74, 6) is -0.0222. The molecule has 14 heavy (non-hydrogen) atoms. The van der Waals surface area contributed by atoms with Crippen LogP contribution < -0.4 is 10.6 Å². The van der Waals surface area contributed by atoms with Crippen molar-refractivity contribution in [1.82, 2.24) is 5.32 Å². The number of benzene rings is 1. The predicted octanol–water partition coefficient (Wildman–Crippen LogP) is 1.77. The maximum absolute atomic E-state index is 11.5. The van der Waals surface area contributed by atoms with Gasteiger partial charge in [0, 0.05) is 17.3 Å². The minimum Gasteiger partial charge on any atom is -0.324 e. The number of hydrogen-bond donors (Lipinski definition) is 2. The topological polar surface area (TPSA) is 41.1 Å². The minimum atomic E-state index is -0.166. The average molecular weight is 211 g/mol. The number of nitrogens with one attached hydrogen (secondary N) is 2. The van der Waals surface area contributed by atoms with Gasteiger partial charge in [-0.3, -0.25) is 4.79 Å². The molecule has 0 aliphatic carbocycles. The lowest BCUT2D eigenvalue weighted by molar-refractivity contribution is -0.117. The van der Waals surface area contributed by atoms with E-state index in [9.17, 15) is 4.79 Å². The van der Waals surface area contributed by atoms with Crippen molar-refractivity contribution in [2.75, 3.05) is 5.32 Å². The first-order valence-corrected chi connectivity index (χ1v) is 4.87. The van der Waals surface area contributed by atoms with Gasteiger partial charge in [0.15, 0.2) is 0 Å². The van der Waals surface area contributed by atoms with Crippen molar-refractivity contribution in [3.8, 4) is 0 Å². The van der Waals surface area contributed by atoms with Crippen LogP contribution in [0.2, 0.25) is 5.02 Å². The molecule has 1 heterocycles. The Kier molecular flexibility index (Phi) is 2.44. The van der Waals surface area contributed by atoms with Gasteiger partial charge in [0.25, 0.3) is 0 Å². The molecule has 1 aromatic carbocycles. The van der Waals surface area contributed by atoms with Crippen molar-refractivity contribution in [2.24, 2.45) is 0 Å². The van der Waals surface area contributed by atoms with Crippen LogP contribution in [0.25, 0.3) is 0 Å². The maximum atomic E-state index is 11.5. The number of carbonyl (C=O) groups is 1. The van der Waals surface area contributed by atoms with Gasteiger partial charge in [-0.1, -0.05) is 17.7 Å². The fraction of sp³-hybridized carbons (Fsp3) is 0.300. The molecule has 1 aromatic rings. The van der Waals surface area contributed by atoms with Crippen LogP contribution in [-0.4, -0.2) is 11.9 Å². The van der Waals surface area contributed by atoms with Crippen molar-refractivity contribution >= 4 is 23.2 Å². The van der Waals surface area contributed by atoms with Crippen molar-refractivity contribution in [3.63, 3.8) is 0 Å². The first kappa shape index (κ1) is 9.49. The second-order valence-corrected chi connectivity index (χ2v) is 3.83. The predicted molar refractivity (Wildman–Crippen MR) is 56.4 cm³/mol. The molecule has 0 aromatic heterocycles. The lowest BCUT2D eigenvalue weighted by Gasteiger charge is -2.06. The van der Waals surface area contributed by atoms with E-state index in [1.54, 1.807) is 6.07 Å². The number of anilines is 1. The van der Waals surface area contributed by atoms with Gasteiger partial charge in [-0.2, -0.15) is 0 Å². The number of carbonyl (C=O) groups excluding carboxylic acids is 1. The number of hydrogen-bond acceptors (Lipinski definition) is 2. The first-order chi connectivity index (χ1) is 6.66. The van der Waals surface area contributed by atoms with Gasteiger partial charge < -0.3 is 10.6 Å². The second kappa shape index (κ2) is 3.59. The summed E-state index contributed by atoms with van der Waals surface area (Å²) in [6.45, 7) is 2.52. The van der Waals surface area contributed by atoms with E-state index in [1.807, 2.05) is 19.1 Å². The van der Waals surface area contributed by atoms with Gasteiger partial charge in [-0.05, 0) is 24.6 Å². The Hall–Kier alpha value is -1.06. The Morgan fingerprint density at radius 3 is 3.07 bits per heavy atom. The summed E-state index contributed by atoms with van der Waals surface area (Å²) < 4.78 is 0. The Morgan fingerprint density at radius 1 is 1.50 bits per heavy atom. The molecule has 0 bridgehead atoms. The molecule has 1 aliphatic rings. The molecule has 4 heteroatoms. The molecule has 2 rings (SSSR count). The lowest BCUT2D eigenvalue weighted by Crippen LogP contribution is -2.34. The Morgan fingerprint density at radius 2 is 2.29 bits per heavy atom. The molecule has 1 amide bonds. The number of rotatable bonds is 0. The number of halogens is 1. The highest BCUT2D eigenvalue weighted by Gasteiger charge is 2.18. The molecule has 0 saturated carbocycles. The monoisotopic (exact) mass is 210 g/mol. The van der Waals surface area contributed by atoms with Crippen molar-refractivity contribution < 1.29 is 4.79 Å². The van der Waals surface area contributed by atoms with Crippen LogP contribution in [0.5, 0.6) is 0 Å². The molecule has 0 radical (unpaired) electrons. The van der Waals surface area contributed by atoms with Crippen molar-refractivity contribution in [3.05, 3.63) is 28.8 Å². The van der Waals surface area contributed by atoms with E-state index in [0.29, 0.717) is 11.6 Å². The fourth-order valence-corrected chi connectivity index (χ4v) is 1.59. The number of amides is 1. The van der Waals surface area contributed by atoms with Crippen LogP contribution in [0.4, 0.5) is 5.69 Å². The molecular weight excluding hydrogens is 200 g/mol. The van der Waals surface area contributed by atoms with E-state index in [0.717, 1.165) is 11.3 Å². The van der Waals surface area contributed by atoms with Crippen LogP contribution in [0.15, 0.2) is 18.2 Å². The van der Waals surface area contributed by atoms with E-state index in [4.69, 9.17) is 11.6 Å². The molecule has 0 spiro atoms. The quantitative estimate of drug-likeness (QED) is 0.685. The van der Waals surface area contributed by atoms with Crippen LogP contribution in [0.1, 0.15) is 12.5 Å². The van der Waals surface area contributed by atoms with E-state index in [2.05, 4.69) is 10.6 Å². The third-order valence-corrected chi connectivity index (χ3v) is 2.56. The highest BCUT2D eigenvalue weighted by atomic mass is 35.5. The Balaban J connectivity index is 2.38. The summed E-state index contributed by atoms with van der Waals surface area (Å²) >= 11 is 5.84. The van der Waals surface area contributed by atoms with Crippen LogP contribution in [0, 0.1) is 0 Å². The highest BCUT2D eigenvalue weighted by molar-refractivity contribution is 6.31. The van der Waals surface area contributed by atoms with Gasteiger partial charge in [0.1, 0.15) is 0 Å². The van der Waals surface area contributed by atoms with Gasteiger partial charge in [-0.15, -0.1) is 0 Å². The molecule has 0 saturated heterocycles. The van der Waals surface area contributed by atoms with Crippen LogP contribution in [0.3, 0.4) is 0 Å². The summed E-state index contributed by atoms with van der Waals surface area (Å²) in [7, 11) is 0. The van der Waals surface area contributed by atoms with E-state index in [-0.39, 0.29) is 11.9 Å². The molecule has 1 aliphatic heterocycles. The Bertz CT molecular complexity index is 378. The molecule has 0 fully saturated rings. The molecule has 1 unspecified atom stereocenters. The van der Waals surface area contributed by atoms with E-state index < -0.39 is 0 Å². The fourth-order valence-electron chi connectivity index (χ4n) is 1.42. The van der Waals surface area contributed by atoms with Crippen molar-refractivity contribution in [2.45, 2.75) is 19.5 Å². The molecular formula is C10H11ClN2O. The second-order valence-electron chi connectivity index (χ2n) is 3.39. The van der Waals surface area contributed by atoms with Gasteiger partial charge in [-0.25, -0.2) is 0 Å². The minimum absolute atomic E-state index is 0.0222. The summed E-state index contributed by atoms with van der Waals surface area (Å²) in [6, 6.07) is 5.35. The standard InChI is InChI=1S/C10H11ClN2O/c1-6-10(14)13-9-4-8(11)3-2-7(9)5-12-6/h2-4,6,12H,5H2,1H3,(H,13,14). The normalized spacial score (nSPS) is 21.0. The Labute approximate surface area is 87.4 Å². The maximum Gasteiger partial charge on any atom is 0.241 e. The zero-order valence-electron chi connectivity index (χ0n) is 7.80. The SMILES string of the molecule is CC1NCc2ccc(Cl)cc2NC1=O. The zero-order chi connectivity index (χ0) is 10.1. The molecule has 1 atom stereocenters. The van der Waals surface area contributed by atoms with E-state index >= 15 is 0 Å².